The lowest BCUT2D eigenvalue weighted by Crippen LogP contribution is -1.99. The molecule has 0 aliphatic heterocycles. The van der Waals surface area contributed by atoms with Crippen molar-refractivity contribution in [1.29, 1.82) is 0 Å². The average Bonchev–Trinajstić information content (AvgIpc) is 2.44. The predicted molar refractivity (Wildman–Crippen MR) is 84.2 cm³/mol. The molecule has 0 fully saturated rings. The maximum absolute atomic E-state index is 10.5. The van der Waals surface area contributed by atoms with Gasteiger partial charge in [0.05, 0.1) is 5.69 Å². The number of benzene rings is 2. The number of hydrogen-bond acceptors (Lipinski definition) is 3. The molecule has 0 aromatic heterocycles. The molecule has 0 N–H and O–H groups in total. The summed E-state index contributed by atoms with van der Waals surface area (Å²) in [6.07, 6.45) is 1.54. The van der Waals surface area contributed by atoms with E-state index in [4.69, 9.17) is 16.3 Å². The monoisotopic (exact) mass is 301 g/mol. The van der Waals surface area contributed by atoms with Gasteiger partial charge in [-0.2, -0.15) is 4.99 Å². The number of rotatable bonds is 4. The highest BCUT2D eigenvalue weighted by molar-refractivity contribution is 6.31. The SMILES string of the molecule is Cc1cc(C)c(OCc2c(Cl)cccc2N=C=O)cc1C. The highest BCUT2D eigenvalue weighted by Crippen LogP contribution is 2.29. The molecule has 2 aromatic rings. The molecule has 0 radical (unpaired) electrons. The van der Waals surface area contributed by atoms with E-state index in [0.29, 0.717) is 16.3 Å². The Morgan fingerprint density at radius 3 is 2.57 bits per heavy atom. The van der Waals surface area contributed by atoms with Crippen molar-refractivity contribution < 1.29 is 9.53 Å². The Balaban J connectivity index is 2.28. The van der Waals surface area contributed by atoms with Crippen molar-refractivity contribution in [3.63, 3.8) is 0 Å². The van der Waals surface area contributed by atoms with Gasteiger partial charge in [-0.15, -0.1) is 0 Å². The first-order valence-electron chi connectivity index (χ1n) is 6.59. The third-order valence-corrected chi connectivity index (χ3v) is 3.78. The van der Waals surface area contributed by atoms with E-state index in [1.165, 1.54) is 17.2 Å². The van der Waals surface area contributed by atoms with E-state index in [1.54, 1.807) is 18.2 Å². The summed E-state index contributed by atoms with van der Waals surface area (Å²) in [6, 6.07) is 9.29. The van der Waals surface area contributed by atoms with E-state index in [1.807, 2.05) is 19.9 Å². The second kappa shape index (κ2) is 6.57. The largest absolute Gasteiger partial charge is 0.488 e. The van der Waals surface area contributed by atoms with Gasteiger partial charge < -0.3 is 4.74 Å². The molecular weight excluding hydrogens is 286 g/mol. The van der Waals surface area contributed by atoms with Crippen LogP contribution in [0, 0.1) is 20.8 Å². The van der Waals surface area contributed by atoms with Crippen molar-refractivity contribution in [2.24, 2.45) is 4.99 Å². The van der Waals surface area contributed by atoms with Crippen LogP contribution in [-0.4, -0.2) is 6.08 Å². The van der Waals surface area contributed by atoms with E-state index < -0.39 is 0 Å². The molecule has 2 rings (SSSR count). The fourth-order valence-electron chi connectivity index (χ4n) is 2.08. The first kappa shape index (κ1) is 15.3. The summed E-state index contributed by atoms with van der Waals surface area (Å²) in [6.45, 7) is 6.36. The minimum atomic E-state index is 0.253. The molecule has 0 saturated heterocycles. The molecule has 108 valence electrons. The number of nitrogens with zero attached hydrogens (tertiary/aromatic N) is 1. The Labute approximate surface area is 129 Å². The average molecular weight is 302 g/mol. The van der Waals surface area contributed by atoms with Gasteiger partial charge in [0.2, 0.25) is 6.08 Å². The summed E-state index contributed by atoms with van der Waals surface area (Å²) in [5, 5.41) is 0.521. The van der Waals surface area contributed by atoms with Crippen molar-refractivity contribution in [2.45, 2.75) is 27.4 Å². The van der Waals surface area contributed by atoms with Crippen LogP contribution < -0.4 is 4.74 Å². The van der Waals surface area contributed by atoms with Gasteiger partial charge in [0.15, 0.2) is 0 Å². The van der Waals surface area contributed by atoms with E-state index in [-0.39, 0.29) is 6.61 Å². The normalized spacial score (nSPS) is 10.1. The zero-order chi connectivity index (χ0) is 15.4. The van der Waals surface area contributed by atoms with Crippen LogP contribution in [0.5, 0.6) is 5.75 Å². The summed E-state index contributed by atoms with van der Waals surface area (Å²) in [4.78, 5) is 14.1. The van der Waals surface area contributed by atoms with Crippen LogP contribution in [0.2, 0.25) is 5.02 Å². The Morgan fingerprint density at radius 2 is 1.86 bits per heavy atom. The van der Waals surface area contributed by atoms with Gasteiger partial charge in [-0.05, 0) is 55.7 Å². The van der Waals surface area contributed by atoms with Crippen molar-refractivity contribution >= 4 is 23.4 Å². The number of carbonyl (C=O) groups excluding carboxylic acids is 1. The molecule has 3 nitrogen and oxygen atoms in total. The second-order valence-electron chi connectivity index (χ2n) is 4.93. The fourth-order valence-corrected chi connectivity index (χ4v) is 2.31. The van der Waals surface area contributed by atoms with Gasteiger partial charge in [-0.3, -0.25) is 0 Å². The van der Waals surface area contributed by atoms with Crippen LogP contribution in [0.15, 0.2) is 35.3 Å². The summed E-state index contributed by atoms with van der Waals surface area (Å²) in [5.41, 5.74) is 4.62. The molecule has 0 amide bonds. The number of hydrogen-bond donors (Lipinski definition) is 0. The summed E-state index contributed by atoms with van der Waals surface area (Å²) >= 11 is 6.16. The molecule has 4 heteroatoms. The summed E-state index contributed by atoms with van der Waals surface area (Å²) in [7, 11) is 0. The molecule has 0 spiro atoms. The van der Waals surface area contributed by atoms with Crippen LogP contribution in [0.4, 0.5) is 5.69 Å². The first-order valence-corrected chi connectivity index (χ1v) is 6.96. The molecule has 0 atom stereocenters. The molecular formula is C17H16ClNO2. The van der Waals surface area contributed by atoms with Crippen molar-refractivity contribution in [1.82, 2.24) is 0 Å². The van der Waals surface area contributed by atoms with Crippen molar-refractivity contribution in [2.75, 3.05) is 0 Å². The zero-order valence-electron chi connectivity index (χ0n) is 12.2. The highest BCUT2D eigenvalue weighted by atomic mass is 35.5. The summed E-state index contributed by atoms with van der Waals surface area (Å²) < 4.78 is 5.85. The Kier molecular flexibility index (Phi) is 4.79. The van der Waals surface area contributed by atoms with Gasteiger partial charge in [0, 0.05) is 10.6 Å². The van der Waals surface area contributed by atoms with E-state index in [0.717, 1.165) is 11.3 Å². The van der Waals surface area contributed by atoms with Gasteiger partial charge in [0.1, 0.15) is 12.4 Å². The Hall–Kier alpha value is -2.09. The number of aryl methyl sites for hydroxylation is 3. The first-order chi connectivity index (χ1) is 10.0. The molecule has 0 saturated carbocycles. The molecule has 0 unspecified atom stereocenters. The molecule has 0 bridgehead atoms. The van der Waals surface area contributed by atoms with Gasteiger partial charge in [-0.1, -0.05) is 23.7 Å². The van der Waals surface area contributed by atoms with E-state index in [9.17, 15) is 4.79 Å². The van der Waals surface area contributed by atoms with Crippen LogP contribution in [0.1, 0.15) is 22.3 Å². The van der Waals surface area contributed by atoms with Gasteiger partial charge >= 0.3 is 0 Å². The minimum Gasteiger partial charge on any atom is -0.488 e. The second-order valence-corrected chi connectivity index (χ2v) is 5.34. The lowest BCUT2D eigenvalue weighted by Gasteiger charge is -2.13. The topological polar surface area (TPSA) is 38.7 Å². The maximum Gasteiger partial charge on any atom is 0.240 e. The number of aliphatic imine (C=N–C) groups is 1. The van der Waals surface area contributed by atoms with E-state index >= 15 is 0 Å². The smallest absolute Gasteiger partial charge is 0.240 e. The summed E-state index contributed by atoms with van der Waals surface area (Å²) in [5.74, 6) is 0.805. The molecule has 2 aromatic carbocycles. The van der Waals surface area contributed by atoms with E-state index in [2.05, 4.69) is 18.0 Å². The predicted octanol–water partition coefficient (Wildman–Crippen LogP) is 4.81. The minimum absolute atomic E-state index is 0.253. The van der Waals surface area contributed by atoms with Crippen LogP contribution >= 0.6 is 11.6 Å². The quantitative estimate of drug-likeness (QED) is 0.600. The third-order valence-electron chi connectivity index (χ3n) is 3.42. The number of isocyanates is 1. The van der Waals surface area contributed by atoms with Gasteiger partial charge in [-0.25, -0.2) is 4.79 Å². The van der Waals surface area contributed by atoms with Crippen LogP contribution in [0.3, 0.4) is 0 Å². The molecule has 0 aliphatic rings. The zero-order valence-corrected chi connectivity index (χ0v) is 13.0. The Morgan fingerprint density at radius 1 is 1.14 bits per heavy atom. The van der Waals surface area contributed by atoms with Crippen molar-refractivity contribution in [3.05, 3.63) is 57.6 Å². The molecule has 0 aliphatic carbocycles. The highest BCUT2D eigenvalue weighted by Gasteiger charge is 2.09. The maximum atomic E-state index is 10.5. The fraction of sp³-hybridized carbons (Fsp3) is 0.235. The van der Waals surface area contributed by atoms with Gasteiger partial charge in [0.25, 0.3) is 0 Å². The number of halogens is 1. The lowest BCUT2D eigenvalue weighted by atomic mass is 10.1. The third kappa shape index (κ3) is 3.52. The Bertz CT molecular complexity index is 719. The number of ether oxygens (including phenoxy) is 1. The van der Waals surface area contributed by atoms with Crippen molar-refractivity contribution in [3.8, 4) is 5.75 Å². The van der Waals surface area contributed by atoms with Crippen LogP contribution in [-0.2, 0) is 11.4 Å². The standard InChI is InChI=1S/C17H16ClNO2/c1-11-7-13(3)17(8-12(11)2)21-9-14-15(18)5-4-6-16(14)19-10-20/h4-8H,9H2,1-3H3. The van der Waals surface area contributed by atoms with Crippen LogP contribution in [0.25, 0.3) is 0 Å². The lowest BCUT2D eigenvalue weighted by molar-refractivity contribution is 0.304. The molecule has 0 heterocycles. The molecule has 21 heavy (non-hydrogen) atoms.